The van der Waals surface area contributed by atoms with Crippen molar-refractivity contribution in [3.05, 3.63) is 24.3 Å². The summed E-state index contributed by atoms with van der Waals surface area (Å²) in [6.07, 6.45) is 0. The van der Waals surface area contributed by atoms with E-state index in [1.807, 2.05) is 24.3 Å². The monoisotopic (exact) mass is 289 g/mol. The number of morpholine rings is 1. The minimum atomic E-state index is -0.999. The molecule has 0 saturated carbocycles. The zero-order valence-corrected chi connectivity index (χ0v) is 11.3. The van der Waals surface area contributed by atoms with Crippen molar-refractivity contribution in [1.29, 1.82) is 0 Å². The van der Waals surface area contributed by atoms with Gasteiger partial charge in [0.2, 0.25) is 5.82 Å². The van der Waals surface area contributed by atoms with Gasteiger partial charge in [-0.1, -0.05) is 0 Å². The second-order valence-corrected chi connectivity index (χ2v) is 4.68. The van der Waals surface area contributed by atoms with Gasteiger partial charge in [-0.2, -0.15) is 4.80 Å². The lowest BCUT2D eigenvalue weighted by atomic mass is 10.2. The van der Waals surface area contributed by atoms with Crippen LogP contribution in [0.3, 0.4) is 0 Å². The molecule has 1 fully saturated rings. The molecule has 2 heterocycles. The zero-order valence-electron chi connectivity index (χ0n) is 11.3. The summed E-state index contributed by atoms with van der Waals surface area (Å²) in [5.74, 6) is -0.577. The zero-order chi connectivity index (χ0) is 14.7. The average Bonchev–Trinajstić information content (AvgIpc) is 2.96. The molecule has 1 aliphatic heterocycles. The third-order valence-electron chi connectivity index (χ3n) is 3.23. The maximum atomic E-state index is 10.6. The standard InChI is InChI=1S/C13H15N5O3/c19-12(20)9-18-15-13(14-16-18)10-1-3-11(4-2-10)17-5-7-21-8-6-17/h1-4H,5-9H2,(H,19,20). The van der Waals surface area contributed by atoms with Crippen LogP contribution in [0, 0.1) is 0 Å². The highest BCUT2D eigenvalue weighted by molar-refractivity contribution is 5.66. The first-order valence-corrected chi connectivity index (χ1v) is 6.65. The maximum Gasteiger partial charge on any atom is 0.327 e. The molecule has 3 rings (SSSR count). The smallest absolute Gasteiger partial charge is 0.327 e. The molecule has 8 nitrogen and oxygen atoms in total. The fourth-order valence-electron chi connectivity index (χ4n) is 2.19. The number of tetrazole rings is 1. The van der Waals surface area contributed by atoms with E-state index in [9.17, 15) is 4.79 Å². The predicted molar refractivity (Wildman–Crippen MR) is 73.9 cm³/mol. The van der Waals surface area contributed by atoms with Crippen molar-refractivity contribution in [1.82, 2.24) is 20.2 Å². The van der Waals surface area contributed by atoms with Gasteiger partial charge in [-0.15, -0.1) is 10.2 Å². The molecular formula is C13H15N5O3. The molecule has 1 aromatic heterocycles. The third kappa shape index (κ3) is 3.16. The van der Waals surface area contributed by atoms with Gasteiger partial charge in [-0.05, 0) is 29.5 Å². The molecule has 0 radical (unpaired) electrons. The minimum absolute atomic E-state index is 0.293. The van der Waals surface area contributed by atoms with Crippen molar-refractivity contribution < 1.29 is 14.6 Å². The molecule has 1 aromatic carbocycles. The van der Waals surface area contributed by atoms with Gasteiger partial charge in [0, 0.05) is 24.3 Å². The number of carboxylic acids is 1. The Morgan fingerprint density at radius 2 is 1.95 bits per heavy atom. The van der Waals surface area contributed by atoms with Gasteiger partial charge >= 0.3 is 5.97 Å². The molecule has 2 aromatic rings. The molecule has 0 amide bonds. The second kappa shape index (κ2) is 5.88. The Labute approximate surface area is 120 Å². The Morgan fingerprint density at radius 3 is 2.62 bits per heavy atom. The van der Waals surface area contributed by atoms with E-state index in [1.54, 1.807) is 0 Å². The van der Waals surface area contributed by atoms with E-state index >= 15 is 0 Å². The number of nitrogens with zero attached hydrogens (tertiary/aromatic N) is 5. The molecule has 0 unspecified atom stereocenters. The third-order valence-corrected chi connectivity index (χ3v) is 3.23. The van der Waals surface area contributed by atoms with Crippen LogP contribution in [0.2, 0.25) is 0 Å². The van der Waals surface area contributed by atoms with Gasteiger partial charge < -0.3 is 14.7 Å². The second-order valence-electron chi connectivity index (χ2n) is 4.68. The fourth-order valence-corrected chi connectivity index (χ4v) is 2.19. The summed E-state index contributed by atoms with van der Waals surface area (Å²) >= 11 is 0. The quantitative estimate of drug-likeness (QED) is 0.863. The van der Waals surface area contributed by atoms with Crippen LogP contribution < -0.4 is 4.90 Å². The fraction of sp³-hybridized carbons (Fsp3) is 0.385. The highest BCUT2D eigenvalue weighted by atomic mass is 16.5. The highest BCUT2D eigenvalue weighted by Gasteiger charge is 2.12. The number of ether oxygens (including phenoxy) is 1. The van der Waals surface area contributed by atoms with Crippen molar-refractivity contribution in [2.75, 3.05) is 31.2 Å². The van der Waals surface area contributed by atoms with Crippen LogP contribution in [0.1, 0.15) is 0 Å². The number of aliphatic carboxylic acids is 1. The molecule has 8 heteroatoms. The van der Waals surface area contributed by atoms with Crippen LogP contribution in [-0.2, 0) is 16.1 Å². The highest BCUT2D eigenvalue weighted by Crippen LogP contribution is 2.20. The lowest BCUT2D eigenvalue weighted by Crippen LogP contribution is -2.36. The van der Waals surface area contributed by atoms with Crippen molar-refractivity contribution in [2.24, 2.45) is 0 Å². The maximum absolute atomic E-state index is 10.6. The van der Waals surface area contributed by atoms with E-state index in [-0.39, 0.29) is 6.54 Å². The largest absolute Gasteiger partial charge is 0.480 e. The van der Waals surface area contributed by atoms with Crippen LogP contribution in [0.15, 0.2) is 24.3 Å². The number of carbonyl (C=O) groups is 1. The summed E-state index contributed by atoms with van der Waals surface area (Å²) in [7, 11) is 0. The summed E-state index contributed by atoms with van der Waals surface area (Å²) in [5, 5.41) is 20.3. The van der Waals surface area contributed by atoms with Crippen molar-refractivity contribution in [2.45, 2.75) is 6.54 Å². The van der Waals surface area contributed by atoms with E-state index in [1.165, 1.54) is 0 Å². The van der Waals surface area contributed by atoms with E-state index in [2.05, 4.69) is 20.3 Å². The summed E-state index contributed by atoms with van der Waals surface area (Å²) in [5.41, 5.74) is 1.93. The lowest BCUT2D eigenvalue weighted by molar-refractivity contribution is -0.138. The molecule has 0 spiro atoms. The molecule has 110 valence electrons. The summed E-state index contributed by atoms with van der Waals surface area (Å²) in [6.45, 7) is 2.96. The summed E-state index contributed by atoms with van der Waals surface area (Å²) < 4.78 is 5.33. The topological polar surface area (TPSA) is 93.4 Å². The van der Waals surface area contributed by atoms with E-state index in [0.29, 0.717) is 5.82 Å². The Bertz CT molecular complexity index is 619. The lowest BCUT2D eigenvalue weighted by Gasteiger charge is -2.28. The minimum Gasteiger partial charge on any atom is -0.480 e. The molecule has 0 bridgehead atoms. The first kappa shape index (κ1) is 13.5. The number of benzene rings is 1. The van der Waals surface area contributed by atoms with Gasteiger partial charge in [0.25, 0.3) is 0 Å². The molecule has 0 atom stereocenters. The van der Waals surface area contributed by atoms with Crippen molar-refractivity contribution >= 4 is 11.7 Å². The van der Waals surface area contributed by atoms with Gasteiger partial charge in [0.1, 0.15) is 0 Å². The van der Waals surface area contributed by atoms with Crippen LogP contribution in [0.5, 0.6) is 0 Å². The first-order chi connectivity index (χ1) is 10.2. The van der Waals surface area contributed by atoms with Crippen LogP contribution in [0.4, 0.5) is 5.69 Å². The molecule has 1 aliphatic rings. The normalized spacial score (nSPS) is 15.1. The number of rotatable bonds is 4. The number of hydrogen-bond donors (Lipinski definition) is 1. The van der Waals surface area contributed by atoms with Crippen LogP contribution >= 0.6 is 0 Å². The molecular weight excluding hydrogens is 274 g/mol. The molecule has 21 heavy (non-hydrogen) atoms. The average molecular weight is 289 g/mol. The Balaban J connectivity index is 1.74. The van der Waals surface area contributed by atoms with Crippen LogP contribution in [0.25, 0.3) is 11.4 Å². The Hall–Kier alpha value is -2.48. The molecule has 0 aliphatic carbocycles. The Kier molecular flexibility index (Phi) is 3.78. The predicted octanol–water partition coefficient (Wildman–Crippen LogP) is 0.261. The van der Waals surface area contributed by atoms with Crippen molar-refractivity contribution in [3.8, 4) is 11.4 Å². The summed E-state index contributed by atoms with van der Waals surface area (Å²) in [6, 6.07) is 7.82. The van der Waals surface area contributed by atoms with Gasteiger partial charge in [-0.25, -0.2) is 0 Å². The van der Waals surface area contributed by atoms with E-state index in [4.69, 9.17) is 9.84 Å². The summed E-state index contributed by atoms with van der Waals surface area (Å²) in [4.78, 5) is 13.9. The molecule has 1 N–H and O–H groups in total. The Morgan fingerprint density at radius 1 is 1.24 bits per heavy atom. The van der Waals surface area contributed by atoms with E-state index in [0.717, 1.165) is 42.4 Å². The number of carboxylic acid groups (broad SMARTS) is 1. The van der Waals surface area contributed by atoms with Crippen LogP contribution in [-0.4, -0.2) is 57.6 Å². The number of anilines is 1. The SMILES string of the molecule is O=C(O)Cn1nnc(-c2ccc(N3CCOCC3)cc2)n1. The molecule has 1 saturated heterocycles. The van der Waals surface area contributed by atoms with Gasteiger partial charge in [-0.3, -0.25) is 4.79 Å². The van der Waals surface area contributed by atoms with E-state index < -0.39 is 5.97 Å². The number of aromatic nitrogens is 4. The van der Waals surface area contributed by atoms with Gasteiger partial charge in [0.05, 0.1) is 13.2 Å². The first-order valence-electron chi connectivity index (χ1n) is 6.65. The number of hydrogen-bond acceptors (Lipinski definition) is 6. The van der Waals surface area contributed by atoms with Crippen molar-refractivity contribution in [3.63, 3.8) is 0 Å². The van der Waals surface area contributed by atoms with Gasteiger partial charge in [0.15, 0.2) is 6.54 Å².